The van der Waals surface area contributed by atoms with Crippen molar-refractivity contribution in [3.63, 3.8) is 0 Å². The lowest BCUT2D eigenvalue weighted by molar-refractivity contribution is 0.253. The van der Waals surface area contributed by atoms with E-state index in [2.05, 4.69) is 0 Å². The van der Waals surface area contributed by atoms with Crippen LogP contribution in [0.2, 0.25) is 0 Å². The summed E-state index contributed by atoms with van der Waals surface area (Å²) in [5.41, 5.74) is 0. The lowest BCUT2D eigenvalue weighted by Crippen LogP contribution is -2.29. The molecule has 0 radical (unpaired) electrons. The van der Waals surface area contributed by atoms with Crippen LogP contribution in [-0.2, 0) is 0 Å². The molecule has 4 nitrogen and oxygen atoms in total. The molecule has 144 valence electrons. The second-order valence-corrected chi connectivity index (χ2v) is 16.1. The van der Waals surface area contributed by atoms with E-state index in [1.54, 1.807) is 94.1 Å². The van der Waals surface area contributed by atoms with Crippen molar-refractivity contribution < 1.29 is 20.4 Å². The topological polar surface area (TPSA) is 80.9 Å². The van der Waals surface area contributed by atoms with Crippen LogP contribution in [0.15, 0.2) is 25.4 Å². The van der Waals surface area contributed by atoms with Crippen molar-refractivity contribution in [2.24, 2.45) is 0 Å². The summed E-state index contributed by atoms with van der Waals surface area (Å²) >= 11 is 13.8. The van der Waals surface area contributed by atoms with Crippen molar-refractivity contribution >= 4 is 94.1 Å². The van der Waals surface area contributed by atoms with E-state index in [-0.39, 0.29) is 47.4 Å². The zero-order valence-electron chi connectivity index (χ0n) is 13.2. The number of rotatable bonds is 4. The zero-order chi connectivity index (χ0) is 18.3. The summed E-state index contributed by atoms with van der Waals surface area (Å²) in [4.78, 5) is 0. The van der Waals surface area contributed by atoms with Gasteiger partial charge in [0.05, 0.1) is 51.9 Å². The van der Waals surface area contributed by atoms with Crippen molar-refractivity contribution in [1.29, 1.82) is 0 Å². The first-order valence-corrected chi connectivity index (χ1v) is 14.5. The summed E-state index contributed by atoms with van der Waals surface area (Å²) in [5.74, 6) is 0. The molecule has 0 saturated carbocycles. The average Bonchev–Trinajstić information content (AvgIpc) is 3.28. The first kappa shape index (κ1) is 21.1. The van der Waals surface area contributed by atoms with Gasteiger partial charge in [-0.05, 0) is 0 Å². The Morgan fingerprint density at radius 1 is 0.423 bits per heavy atom. The van der Waals surface area contributed by atoms with Crippen molar-refractivity contribution in [2.45, 2.75) is 21.0 Å². The molecule has 0 aromatic rings. The maximum Gasteiger partial charge on any atom is 0.0717 e. The van der Waals surface area contributed by atoms with E-state index in [4.69, 9.17) is 0 Å². The Hall–Kier alpha value is 1.86. The molecule has 0 aromatic carbocycles. The summed E-state index contributed by atoms with van der Waals surface area (Å²) in [5, 5.41) is 38.4. The predicted molar refractivity (Wildman–Crippen MR) is 125 cm³/mol. The van der Waals surface area contributed by atoms with Gasteiger partial charge in [0.2, 0.25) is 0 Å². The van der Waals surface area contributed by atoms with E-state index in [1.165, 1.54) is 25.4 Å². The summed E-state index contributed by atoms with van der Waals surface area (Å²) in [6.07, 6.45) is 0. The van der Waals surface area contributed by atoms with Crippen LogP contribution in [0.1, 0.15) is 0 Å². The Bertz CT molecular complexity index is 570. The van der Waals surface area contributed by atoms with Crippen LogP contribution in [0.3, 0.4) is 0 Å². The highest BCUT2D eigenvalue weighted by atomic mass is 32.3. The number of aliphatic hydroxyl groups excluding tert-OH is 4. The minimum absolute atomic E-state index is 0.0400. The Balaban J connectivity index is 1.47. The number of hydrogen-bond donors (Lipinski definition) is 4. The Morgan fingerprint density at radius 2 is 0.654 bits per heavy atom. The molecule has 0 spiro atoms. The second kappa shape index (κ2) is 9.34. The first-order valence-electron chi connectivity index (χ1n) is 7.71. The maximum atomic E-state index is 9.57. The standard InChI is InChI=1S/C14H16O4S8/c15-1-5-6(2-16)20-10-9(19-5)23-13(24-10)14-25-11-12(26-14)22-8(4-18)7(3-17)21-11/h5-8,15-18H,1-4H2. The monoisotopic (exact) mass is 504 g/mol. The van der Waals surface area contributed by atoms with E-state index in [0.717, 1.165) is 0 Å². The van der Waals surface area contributed by atoms with Gasteiger partial charge >= 0.3 is 0 Å². The molecule has 4 N–H and O–H groups in total. The molecule has 4 rings (SSSR count). The van der Waals surface area contributed by atoms with E-state index in [9.17, 15) is 20.4 Å². The molecule has 4 aliphatic rings. The van der Waals surface area contributed by atoms with Crippen LogP contribution in [0, 0.1) is 0 Å². The Labute approximate surface area is 186 Å². The molecule has 4 unspecified atom stereocenters. The van der Waals surface area contributed by atoms with E-state index >= 15 is 0 Å². The van der Waals surface area contributed by atoms with Crippen LogP contribution in [0.5, 0.6) is 0 Å². The average molecular weight is 505 g/mol. The third kappa shape index (κ3) is 4.18. The highest BCUT2D eigenvalue weighted by Crippen LogP contribution is 2.69. The third-order valence-corrected chi connectivity index (χ3v) is 16.8. The summed E-state index contributed by atoms with van der Waals surface area (Å²) in [6.45, 7) is 0.312. The van der Waals surface area contributed by atoms with Gasteiger partial charge in [-0.3, -0.25) is 0 Å². The Morgan fingerprint density at radius 3 is 0.846 bits per heavy atom. The molecule has 0 fully saturated rings. The number of thioether (sulfide) groups is 8. The predicted octanol–water partition coefficient (Wildman–Crippen LogP) is 3.73. The minimum atomic E-state index is 0.0400. The molecule has 26 heavy (non-hydrogen) atoms. The molecule has 4 heterocycles. The van der Waals surface area contributed by atoms with Gasteiger partial charge in [-0.1, -0.05) is 47.0 Å². The zero-order valence-corrected chi connectivity index (χ0v) is 19.7. The molecule has 0 amide bonds. The van der Waals surface area contributed by atoms with E-state index in [1.807, 2.05) is 0 Å². The van der Waals surface area contributed by atoms with Gasteiger partial charge in [0.25, 0.3) is 0 Å². The lowest BCUT2D eigenvalue weighted by atomic mass is 10.3. The molecule has 4 aliphatic heterocycles. The minimum Gasteiger partial charge on any atom is -0.395 e. The quantitative estimate of drug-likeness (QED) is 0.450. The molecule has 12 heteroatoms. The highest BCUT2D eigenvalue weighted by molar-refractivity contribution is 8.45. The normalized spacial score (nSPS) is 34.6. The fourth-order valence-electron chi connectivity index (χ4n) is 2.47. The van der Waals surface area contributed by atoms with Gasteiger partial charge < -0.3 is 20.4 Å². The maximum absolute atomic E-state index is 9.57. The van der Waals surface area contributed by atoms with E-state index in [0.29, 0.717) is 0 Å². The fourth-order valence-corrected chi connectivity index (χ4v) is 15.6. The molecule has 0 saturated heterocycles. The van der Waals surface area contributed by atoms with Gasteiger partial charge in [-0.2, -0.15) is 0 Å². The largest absolute Gasteiger partial charge is 0.395 e. The smallest absolute Gasteiger partial charge is 0.0717 e. The van der Waals surface area contributed by atoms with Crippen LogP contribution < -0.4 is 0 Å². The van der Waals surface area contributed by atoms with Gasteiger partial charge in [0, 0.05) is 21.0 Å². The summed E-state index contributed by atoms with van der Waals surface area (Å²) in [6, 6.07) is 0. The van der Waals surface area contributed by atoms with Crippen molar-refractivity contribution in [1.82, 2.24) is 0 Å². The van der Waals surface area contributed by atoms with Gasteiger partial charge in [0.1, 0.15) is 0 Å². The van der Waals surface area contributed by atoms with Gasteiger partial charge in [-0.15, -0.1) is 47.0 Å². The molecule has 4 atom stereocenters. The molecular formula is C14H16O4S8. The summed E-state index contributed by atoms with van der Waals surface area (Å²) in [7, 11) is 0. The summed E-state index contributed by atoms with van der Waals surface area (Å²) < 4.78 is 7.46. The second-order valence-electron chi connectivity index (χ2n) is 5.49. The highest BCUT2D eigenvalue weighted by Gasteiger charge is 2.40. The molecule has 0 aromatic heterocycles. The fraction of sp³-hybridized carbons (Fsp3) is 0.571. The molecule has 0 aliphatic carbocycles. The van der Waals surface area contributed by atoms with Crippen LogP contribution >= 0.6 is 94.1 Å². The first-order chi connectivity index (χ1) is 12.7. The molecular weight excluding hydrogens is 489 g/mol. The van der Waals surface area contributed by atoms with Crippen LogP contribution in [0.25, 0.3) is 0 Å². The van der Waals surface area contributed by atoms with Gasteiger partial charge in [-0.25, -0.2) is 0 Å². The SMILES string of the molecule is OCC1SC2=C(SC(=C3SC4=C(S3)SC(CO)C(CO)S4)S2)SC1CO. The Kier molecular flexibility index (Phi) is 7.58. The van der Waals surface area contributed by atoms with Crippen molar-refractivity contribution in [3.05, 3.63) is 25.4 Å². The van der Waals surface area contributed by atoms with Crippen molar-refractivity contribution in [2.75, 3.05) is 26.4 Å². The van der Waals surface area contributed by atoms with E-state index < -0.39 is 0 Å². The third-order valence-electron chi connectivity index (χ3n) is 3.82. The van der Waals surface area contributed by atoms with Crippen LogP contribution in [0.4, 0.5) is 0 Å². The van der Waals surface area contributed by atoms with Crippen LogP contribution in [-0.4, -0.2) is 67.9 Å². The van der Waals surface area contributed by atoms with Crippen molar-refractivity contribution in [3.8, 4) is 0 Å². The molecule has 0 bridgehead atoms. The number of aliphatic hydroxyl groups is 4. The lowest BCUT2D eigenvalue weighted by Gasteiger charge is -2.27. The number of hydrogen-bond acceptors (Lipinski definition) is 12. The van der Waals surface area contributed by atoms with Gasteiger partial charge in [0.15, 0.2) is 0 Å².